The van der Waals surface area contributed by atoms with Crippen molar-refractivity contribution in [3.05, 3.63) is 35.6 Å². The number of aliphatic hydroxyl groups excluding tert-OH is 1. The lowest BCUT2D eigenvalue weighted by atomic mass is 9.95. The maximum absolute atomic E-state index is 9.24. The quantitative estimate of drug-likeness (QED) is 0.444. The van der Waals surface area contributed by atoms with Gasteiger partial charge in [0.25, 0.3) is 0 Å². The van der Waals surface area contributed by atoms with Gasteiger partial charge in [-0.2, -0.15) is 0 Å². The second-order valence-corrected chi connectivity index (χ2v) is 3.48. The summed E-state index contributed by atoms with van der Waals surface area (Å²) in [5.74, 6) is 0.412. The molecule has 0 saturated carbocycles. The number of allylic oxidation sites excluding steroid dienone is 2. The molecule has 3 heteroatoms. The average Bonchev–Trinajstić information content (AvgIpc) is 2.03. The molecule has 2 N–H and O–H groups in total. The first-order valence-electron chi connectivity index (χ1n) is 3.94. The van der Waals surface area contributed by atoms with Gasteiger partial charge in [-0.25, -0.2) is 0 Å². The zero-order valence-electron chi connectivity index (χ0n) is 6.50. The van der Waals surface area contributed by atoms with E-state index in [-0.39, 0.29) is 11.5 Å². The van der Waals surface area contributed by atoms with Crippen LogP contribution >= 0.6 is 11.6 Å². The van der Waals surface area contributed by atoms with Gasteiger partial charge in [-0.3, -0.25) is 5.32 Å². The highest BCUT2D eigenvalue weighted by Crippen LogP contribution is 2.22. The maximum atomic E-state index is 9.24. The normalized spacial score (nSPS) is 33.8. The van der Waals surface area contributed by atoms with Crippen molar-refractivity contribution in [3.63, 3.8) is 0 Å². The van der Waals surface area contributed by atoms with E-state index < -0.39 is 0 Å². The maximum Gasteiger partial charge on any atom is 0.102 e. The van der Waals surface area contributed by atoms with Crippen molar-refractivity contribution in [1.29, 1.82) is 0 Å². The lowest BCUT2D eigenvalue weighted by Gasteiger charge is -2.27. The fourth-order valence-corrected chi connectivity index (χ4v) is 1.70. The summed E-state index contributed by atoms with van der Waals surface area (Å²) in [4.78, 5) is 0. The highest BCUT2D eigenvalue weighted by molar-refractivity contribution is 6.21. The summed E-state index contributed by atoms with van der Waals surface area (Å²) in [6.07, 6.45) is 8.18. The lowest BCUT2D eigenvalue weighted by Crippen LogP contribution is -2.39. The Morgan fingerprint density at radius 2 is 2.33 bits per heavy atom. The van der Waals surface area contributed by atoms with Gasteiger partial charge < -0.3 is 5.11 Å². The molecular formula is C9H10ClNO. The second kappa shape index (κ2) is 2.96. The average molecular weight is 184 g/mol. The number of rotatable bonds is 0. The first-order chi connectivity index (χ1) is 5.75. The van der Waals surface area contributed by atoms with Crippen LogP contribution in [0.5, 0.6) is 0 Å². The Bertz CT molecular complexity index is 280. The van der Waals surface area contributed by atoms with E-state index in [0.717, 1.165) is 0 Å². The summed E-state index contributed by atoms with van der Waals surface area (Å²) in [6.45, 7) is 0. The van der Waals surface area contributed by atoms with Gasteiger partial charge in [-0.05, 0) is 11.6 Å². The van der Waals surface area contributed by atoms with Crippen LogP contribution in [0, 0.1) is 0 Å². The van der Waals surface area contributed by atoms with Crippen molar-refractivity contribution in [2.45, 2.75) is 18.0 Å². The number of fused-ring (bicyclic) bond motifs is 1. The van der Waals surface area contributed by atoms with Crippen LogP contribution in [0.1, 0.15) is 6.42 Å². The van der Waals surface area contributed by atoms with Crippen LogP contribution in [-0.4, -0.2) is 16.6 Å². The molecule has 2 nitrogen and oxygen atoms in total. The molecule has 2 atom stereocenters. The molecule has 0 saturated heterocycles. The Hall–Kier alpha value is -0.730. The minimum absolute atomic E-state index is 0.113. The zero-order valence-corrected chi connectivity index (χ0v) is 7.25. The molecule has 1 heterocycles. The molecule has 12 heavy (non-hydrogen) atoms. The molecular weight excluding hydrogens is 174 g/mol. The van der Waals surface area contributed by atoms with Crippen LogP contribution in [0.4, 0.5) is 0 Å². The van der Waals surface area contributed by atoms with Crippen molar-refractivity contribution in [2.75, 3.05) is 0 Å². The topological polar surface area (TPSA) is 32.3 Å². The smallest absolute Gasteiger partial charge is 0.102 e. The molecule has 0 bridgehead atoms. The van der Waals surface area contributed by atoms with Gasteiger partial charge in [0.2, 0.25) is 0 Å². The Balaban J connectivity index is 2.25. The predicted octanol–water partition coefficient (Wildman–Crippen LogP) is 1.85. The van der Waals surface area contributed by atoms with E-state index >= 15 is 0 Å². The molecule has 1 aliphatic heterocycles. The number of nitrogens with one attached hydrogen (secondary N) is 1. The van der Waals surface area contributed by atoms with E-state index in [1.54, 1.807) is 6.08 Å². The van der Waals surface area contributed by atoms with E-state index in [4.69, 9.17) is 11.6 Å². The van der Waals surface area contributed by atoms with Crippen molar-refractivity contribution in [1.82, 2.24) is 5.32 Å². The minimum Gasteiger partial charge on any atom is -0.512 e. The van der Waals surface area contributed by atoms with Crippen LogP contribution in [0.3, 0.4) is 0 Å². The van der Waals surface area contributed by atoms with Gasteiger partial charge in [0.05, 0.1) is 5.76 Å². The van der Waals surface area contributed by atoms with E-state index in [1.165, 1.54) is 5.57 Å². The number of hydrogen-bond acceptors (Lipinski definition) is 2. The summed E-state index contributed by atoms with van der Waals surface area (Å²) in [5, 5.41) is 12.4. The van der Waals surface area contributed by atoms with Crippen LogP contribution in [0.2, 0.25) is 0 Å². The summed E-state index contributed by atoms with van der Waals surface area (Å²) in [7, 11) is 0. The van der Waals surface area contributed by atoms with Gasteiger partial charge in [0.15, 0.2) is 0 Å². The Morgan fingerprint density at radius 3 is 3.17 bits per heavy atom. The highest BCUT2D eigenvalue weighted by atomic mass is 35.5. The van der Waals surface area contributed by atoms with E-state index in [2.05, 4.69) is 5.32 Å². The van der Waals surface area contributed by atoms with Crippen LogP contribution in [-0.2, 0) is 0 Å². The van der Waals surface area contributed by atoms with Gasteiger partial charge in [-0.15, -0.1) is 11.6 Å². The van der Waals surface area contributed by atoms with Gasteiger partial charge >= 0.3 is 0 Å². The van der Waals surface area contributed by atoms with Crippen molar-refractivity contribution in [2.24, 2.45) is 0 Å². The standard InChI is InChI=1S/C9H10ClNO/c10-9-4-2-6-1-3-7(12)5-8(6)11-9/h1-4,8-9,11-12H,5H2/t8-,9?/m0/s1. The summed E-state index contributed by atoms with van der Waals surface area (Å²) >= 11 is 5.86. The van der Waals surface area contributed by atoms with E-state index in [0.29, 0.717) is 12.2 Å². The lowest BCUT2D eigenvalue weighted by molar-refractivity contribution is 0.363. The number of aliphatic hydroxyl groups is 1. The first kappa shape index (κ1) is 7.90. The summed E-state index contributed by atoms with van der Waals surface area (Å²) < 4.78 is 0. The molecule has 0 aromatic heterocycles. The second-order valence-electron chi connectivity index (χ2n) is 3.01. The number of hydrogen-bond donors (Lipinski definition) is 2. The van der Waals surface area contributed by atoms with Crippen LogP contribution in [0.25, 0.3) is 0 Å². The highest BCUT2D eigenvalue weighted by Gasteiger charge is 2.22. The van der Waals surface area contributed by atoms with Gasteiger partial charge in [-0.1, -0.05) is 18.2 Å². The largest absolute Gasteiger partial charge is 0.512 e. The van der Waals surface area contributed by atoms with Crippen LogP contribution < -0.4 is 5.32 Å². The Morgan fingerprint density at radius 1 is 1.50 bits per heavy atom. The molecule has 1 unspecified atom stereocenters. The first-order valence-corrected chi connectivity index (χ1v) is 4.37. The van der Waals surface area contributed by atoms with Gasteiger partial charge in [0.1, 0.15) is 5.50 Å². The minimum atomic E-state index is -0.113. The third-order valence-electron chi connectivity index (χ3n) is 2.10. The Kier molecular flexibility index (Phi) is 1.95. The van der Waals surface area contributed by atoms with Crippen molar-refractivity contribution < 1.29 is 5.11 Å². The molecule has 0 aromatic rings. The van der Waals surface area contributed by atoms with Crippen LogP contribution in [0.15, 0.2) is 35.6 Å². The molecule has 2 rings (SSSR count). The number of alkyl halides is 1. The molecule has 64 valence electrons. The number of halogens is 1. The molecule has 2 aliphatic rings. The molecule has 0 fully saturated rings. The predicted molar refractivity (Wildman–Crippen MR) is 49.1 cm³/mol. The molecule has 0 radical (unpaired) electrons. The summed E-state index contributed by atoms with van der Waals surface area (Å²) in [5.41, 5.74) is 1.07. The van der Waals surface area contributed by atoms with Crippen molar-refractivity contribution in [3.8, 4) is 0 Å². The molecule has 1 aliphatic carbocycles. The SMILES string of the molecule is OC1=CC=C2C=CC(Cl)N[C@H]2C1. The molecule has 0 amide bonds. The van der Waals surface area contributed by atoms with E-state index in [1.807, 2.05) is 18.2 Å². The fraction of sp³-hybridized carbons (Fsp3) is 0.333. The third-order valence-corrected chi connectivity index (χ3v) is 2.37. The Labute approximate surface area is 76.2 Å². The van der Waals surface area contributed by atoms with Crippen molar-refractivity contribution >= 4 is 11.6 Å². The zero-order chi connectivity index (χ0) is 8.55. The molecule has 0 aromatic carbocycles. The molecule has 0 spiro atoms. The van der Waals surface area contributed by atoms with E-state index in [9.17, 15) is 5.11 Å². The monoisotopic (exact) mass is 183 g/mol. The van der Waals surface area contributed by atoms with Gasteiger partial charge in [0, 0.05) is 12.5 Å². The fourth-order valence-electron chi connectivity index (χ4n) is 1.47. The third kappa shape index (κ3) is 1.40. The summed E-state index contributed by atoms with van der Waals surface area (Å²) in [6, 6.07) is 0.183.